The van der Waals surface area contributed by atoms with Gasteiger partial charge in [-0.1, -0.05) is 23.7 Å². The number of nitrogens with zero attached hydrogens (tertiary/aromatic N) is 2. The number of rotatable bonds is 4. The summed E-state index contributed by atoms with van der Waals surface area (Å²) in [6, 6.07) is 12.1. The van der Waals surface area contributed by atoms with Gasteiger partial charge in [-0.3, -0.25) is 10.1 Å². The number of pyridine rings is 1. The Bertz CT molecular complexity index is 1390. The van der Waals surface area contributed by atoms with Gasteiger partial charge < -0.3 is 15.6 Å². The number of aromatic nitrogens is 3. The largest absolute Gasteiger partial charge is 0.348 e. The van der Waals surface area contributed by atoms with Crippen LogP contribution in [0.4, 0.5) is 20.7 Å². The number of urea groups is 1. The molecular weight excluding hydrogens is 447 g/mol. The molecule has 1 aliphatic heterocycles. The van der Waals surface area contributed by atoms with Crippen LogP contribution in [0.5, 0.6) is 0 Å². The molecule has 0 spiro atoms. The van der Waals surface area contributed by atoms with Crippen molar-refractivity contribution in [2.45, 2.75) is 6.54 Å². The molecule has 33 heavy (non-hydrogen) atoms. The molecule has 10 heteroatoms. The summed E-state index contributed by atoms with van der Waals surface area (Å²) in [6.07, 6.45) is 3.28. The summed E-state index contributed by atoms with van der Waals surface area (Å²) in [5.41, 5.74) is 2.98. The van der Waals surface area contributed by atoms with Crippen molar-refractivity contribution in [3.05, 3.63) is 83.0 Å². The average molecular weight is 463 g/mol. The van der Waals surface area contributed by atoms with E-state index in [0.29, 0.717) is 33.6 Å². The highest BCUT2D eigenvalue weighted by molar-refractivity contribution is 6.29. The first kappa shape index (κ1) is 20.7. The molecule has 0 saturated heterocycles. The second-order valence-corrected chi connectivity index (χ2v) is 7.64. The fourth-order valence-corrected chi connectivity index (χ4v) is 3.94. The fraction of sp³-hybridized carbons (Fsp3) is 0.0435. The van der Waals surface area contributed by atoms with Crippen LogP contribution in [0.15, 0.2) is 60.9 Å². The SMILES string of the molecule is O=C(Nc1ccc(-c2ccc(-c3ncc[nH]3)c3c2CNC3=O)c(F)c1)Nc1cccc(Cl)n1. The third-order valence-electron chi connectivity index (χ3n) is 5.19. The van der Waals surface area contributed by atoms with E-state index in [0.717, 1.165) is 0 Å². The number of halogens is 2. The van der Waals surface area contributed by atoms with Crippen LogP contribution < -0.4 is 16.0 Å². The van der Waals surface area contributed by atoms with Gasteiger partial charge in [-0.05, 0) is 47.5 Å². The van der Waals surface area contributed by atoms with Crippen molar-refractivity contribution in [2.24, 2.45) is 0 Å². The first-order valence-corrected chi connectivity index (χ1v) is 10.3. The van der Waals surface area contributed by atoms with Crippen molar-refractivity contribution >= 4 is 35.0 Å². The Morgan fingerprint density at radius 2 is 1.88 bits per heavy atom. The Morgan fingerprint density at radius 3 is 2.64 bits per heavy atom. The van der Waals surface area contributed by atoms with E-state index in [4.69, 9.17) is 11.6 Å². The standard InChI is InChI=1S/C23H16ClFN6O2/c24-18-2-1-3-19(30-18)31-23(33)29-12-4-5-14(17(25)10-12)13-6-7-15(21-26-8-9-27-21)20-16(13)11-28-22(20)32/h1-10H,11H2,(H,26,27)(H,28,32)(H2,29,30,31,33). The minimum Gasteiger partial charge on any atom is -0.348 e. The van der Waals surface area contributed by atoms with Crippen molar-refractivity contribution in [2.75, 3.05) is 10.6 Å². The van der Waals surface area contributed by atoms with Crippen LogP contribution in [0.2, 0.25) is 5.15 Å². The first-order valence-electron chi connectivity index (χ1n) is 9.94. The Labute approximate surface area is 192 Å². The summed E-state index contributed by atoms with van der Waals surface area (Å²) >= 11 is 5.81. The number of benzene rings is 2. The van der Waals surface area contributed by atoms with Gasteiger partial charge in [-0.15, -0.1) is 0 Å². The van der Waals surface area contributed by atoms with Gasteiger partial charge >= 0.3 is 6.03 Å². The number of hydrogen-bond donors (Lipinski definition) is 4. The van der Waals surface area contributed by atoms with Gasteiger partial charge in [0.05, 0.1) is 5.56 Å². The maximum absolute atomic E-state index is 15.1. The molecule has 0 atom stereocenters. The van der Waals surface area contributed by atoms with Gasteiger partial charge in [0.2, 0.25) is 0 Å². The van der Waals surface area contributed by atoms with Crippen molar-refractivity contribution < 1.29 is 14.0 Å². The number of amides is 3. The molecule has 2 aromatic carbocycles. The number of nitrogens with one attached hydrogen (secondary N) is 4. The lowest BCUT2D eigenvalue weighted by Gasteiger charge is -2.13. The zero-order chi connectivity index (χ0) is 22.9. The molecule has 4 N–H and O–H groups in total. The Morgan fingerprint density at radius 1 is 1.06 bits per heavy atom. The van der Waals surface area contributed by atoms with Gasteiger partial charge in [0, 0.05) is 35.8 Å². The van der Waals surface area contributed by atoms with Crippen molar-refractivity contribution in [3.63, 3.8) is 0 Å². The molecule has 0 unspecified atom stereocenters. The zero-order valence-electron chi connectivity index (χ0n) is 16.9. The lowest BCUT2D eigenvalue weighted by Crippen LogP contribution is -2.20. The quantitative estimate of drug-likeness (QED) is 0.326. The molecule has 8 nitrogen and oxygen atoms in total. The van der Waals surface area contributed by atoms with Crippen LogP contribution in [0.1, 0.15) is 15.9 Å². The second-order valence-electron chi connectivity index (χ2n) is 7.25. The van der Waals surface area contributed by atoms with Crippen molar-refractivity contribution in [3.8, 4) is 22.5 Å². The number of aromatic amines is 1. The lowest BCUT2D eigenvalue weighted by atomic mass is 9.92. The highest BCUT2D eigenvalue weighted by Crippen LogP contribution is 2.36. The molecular formula is C23H16ClFN6O2. The molecule has 0 aliphatic carbocycles. The topological polar surface area (TPSA) is 112 Å². The van der Waals surface area contributed by atoms with E-state index in [1.54, 1.807) is 54.9 Å². The van der Waals surface area contributed by atoms with Crippen LogP contribution in [-0.4, -0.2) is 26.9 Å². The van der Waals surface area contributed by atoms with E-state index in [2.05, 4.69) is 30.9 Å². The molecule has 0 bridgehead atoms. The molecule has 164 valence electrons. The van der Waals surface area contributed by atoms with Gasteiger partial charge in [-0.25, -0.2) is 19.2 Å². The minimum absolute atomic E-state index is 0.233. The molecule has 1 aliphatic rings. The van der Waals surface area contributed by atoms with E-state index in [-0.39, 0.29) is 29.1 Å². The number of fused-ring (bicyclic) bond motifs is 1. The number of imidazole rings is 1. The normalized spacial score (nSPS) is 12.2. The molecule has 3 heterocycles. The lowest BCUT2D eigenvalue weighted by molar-refractivity contribution is 0.0966. The van der Waals surface area contributed by atoms with Crippen LogP contribution in [0.3, 0.4) is 0 Å². The summed E-state index contributed by atoms with van der Waals surface area (Å²) in [6.45, 7) is 0.284. The molecule has 5 rings (SSSR count). The predicted molar refractivity (Wildman–Crippen MR) is 122 cm³/mol. The second kappa shape index (κ2) is 8.36. The average Bonchev–Trinajstić information content (AvgIpc) is 3.44. The number of carbonyl (C=O) groups excluding carboxylic acids is 2. The maximum Gasteiger partial charge on any atom is 0.324 e. The molecule has 3 amide bonds. The van der Waals surface area contributed by atoms with E-state index in [1.165, 1.54) is 6.07 Å². The fourth-order valence-electron chi connectivity index (χ4n) is 3.78. The van der Waals surface area contributed by atoms with Gasteiger partial charge in [0.1, 0.15) is 22.6 Å². The van der Waals surface area contributed by atoms with Crippen LogP contribution in [0.25, 0.3) is 22.5 Å². The van der Waals surface area contributed by atoms with E-state index in [1.807, 2.05) is 0 Å². The van der Waals surface area contributed by atoms with Crippen molar-refractivity contribution in [1.82, 2.24) is 20.3 Å². The Hall–Kier alpha value is -4.24. The van der Waals surface area contributed by atoms with Crippen LogP contribution >= 0.6 is 11.6 Å². The summed E-state index contributed by atoms with van der Waals surface area (Å²) in [5.74, 6) is 0.0563. The van der Waals surface area contributed by atoms with Crippen LogP contribution in [-0.2, 0) is 6.54 Å². The third kappa shape index (κ3) is 4.01. The highest BCUT2D eigenvalue weighted by Gasteiger charge is 2.28. The van der Waals surface area contributed by atoms with E-state index < -0.39 is 11.8 Å². The summed E-state index contributed by atoms with van der Waals surface area (Å²) in [5, 5.41) is 8.13. The van der Waals surface area contributed by atoms with Crippen LogP contribution in [0, 0.1) is 5.82 Å². The zero-order valence-corrected chi connectivity index (χ0v) is 17.7. The summed E-state index contributed by atoms with van der Waals surface area (Å²) in [4.78, 5) is 35.9. The molecule has 0 fully saturated rings. The predicted octanol–water partition coefficient (Wildman–Crippen LogP) is 4.82. The molecule has 2 aromatic heterocycles. The smallest absolute Gasteiger partial charge is 0.324 e. The molecule has 0 saturated carbocycles. The van der Waals surface area contributed by atoms with Crippen molar-refractivity contribution in [1.29, 1.82) is 0 Å². The number of H-pyrrole nitrogens is 1. The van der Waals surface area contributed by atoms with E-state index >= 15 is 4.39 Å². The number of carbonyl (C=O) groups is 2. The Balaban J connectivity index is 1.42. The Kier molecular flexibility index (Phi) is 5.23. The van der Waals surface area contributed by atoms with Gasteiger partial charge in [-0.2, -0.15) is 0 Å². The first-order chi connectivity index (χ1) is 16.0. The number of anilines is 2. The van der Waals surface area contributed by atoms with E-state index in [9.17, 15) is 9.59 Å². The molecule has 0 radical (unpaired) electrons. The molecule has 4 aromatic rings. The summed E-state index contributed by atoms with van der Waals surface area (Å²) < 4.78 is 15.1. The summed E-state index contributed by atoms with van der Waals surface area (Å²) in [7, 11) is 0. The van der Waals surface area contributed by atoms with Gasteiger partial charge in [0.25, 0.3) is 5.91 Å². The third-order valence-corrected chi connectivity index (χ3v) is 5.40. The van der Waals surface area contributed by atoms with Gasteiger partial charge in [0.15, 0.2) is 0 Å². The monoisotopic (exact) mass is 462 g/mol. The maximum atomic E-state index is 15.1. The highest BCUT2D eigenvalue weighted by atomic mass is 35.5. The minimum atomic E-state index is -0.588. The number of hydrogen-bond acceptors (Lipinski definition) is 4.